The molecule has 0 aromatic heterocycles. The summed E-state index contributed by atoms with van der Waals surface area (Å²) in [6.45, 7) is 4.59. The average Bonchev–Trinajstić information content (AvgIpc) is 3.25. The minimum Gasteiger partial charge on any atom is -0.490 e. The SMILES string of the molecule is CC(NC1CC1)C(C)c1ccc(OC2CC2)cc1. The molecule has 2 atom stereocenters. The van der Waals surface area contributed by atoms with E-state index in [9.17, 15) is 0 Å². The monoisotopic (exact) mass is 245 g/mol. The Morgan fingerprint density at radius 2 is 1.72 bits per heavy atom. The Morgan fingerprint density at radius 1 is 1.06 bits per heavy atom. The molecule has 2 fully saturated rings. The second kappa shape index (κ2) is 4.93. The van der Waals surface area contributed by atoms with Gasteiger partial charge < -0.3 is 10.1 Å². The Labute approximate surface area is 110 Å². The van der Waals surface area contributed by atoms with E-state index >= 15 is 0 Å². The van der Waals surface area contributed by atoms with Gasteiger partial charge in [-0.3, -0.25) is 0 Å². The van der Waals surface area contributed by atoms with Gasteiger partial charge >= 0.3 is 0 Å². The molecule has 0 bridgehead atoms. The molecule has 2 aliphatic carbocycles. The van der Waals surface area contributed by atoms with E-state index < -0.39 is 0 Å². The van der Waals surface area contributed by atoms with Crippen LogP contribution in [0.25, 0.3) is 0 Å². The first-order valence-electron chi connectivity index (χ1n) is 7.25. The number of benzene rings is 1. The predicted octanol–water partition coefficient (Wildman–Crippen LogP) is 3.47. The fraction of sp³-hybridized carbons (Fsp3) is 0.625. The number of nitrogens with one attached hydrogen (secondary N) is 1. The van der Waals surface area contributed by atoms with Crippen molar-refractivity contribution in [3.05, 3.63) is 29.8 Å². The van der Waals surface area contributed by atoms with Crippen LogP contribution in [-0.4, -0.2) is 18.2 Å². The van der Waals surface area contributed by atoms with Crippen molar-refractivity contribution in [3.8, 4) is 5.75 Å². The Kier molecular flexibility index (Phi) is 3.29. The van der Waals surface area contributed by atoms with Crippen LogP contribution in [0.3, 0.4) is 0 Å². The summed E-state index contributed by atoms with van der Waals surface area (Å²) in [7, 11) is 0. The third kappa shape index (κ3) is 3.05. The zero-order chi connectivity index (χ0) is 12.5. The summed E-state index contributed by atoms with van der Waals surface area (Å²) in [5, 5.41) is 3.68. The molecule has 0 saturated heterocycles. The van der Waals surface area contributed by atoms with E-state index in [1.165, 1.54) is 31.2 Å². The fourth-order valence-corrected chi connectivity index (χ4v) is 2.28. The van der Waals surface area contributed by atoms with Crippen LogP contribution in [0.2, 0.25) is 0 Å². The summed E-state index contributed by atoms with van der Waals surface area (Å²) in [6, 6.07) is 10.00. The Hall–Kier alpha value is -1.02. The maximum absolute atomic E-state index is 5.78. The Morgan fingerprint density at radius 3 is 2.28 bits per heavy atom. The highest BCUT2D eigenvalue weighted by Gasteiger charge is 2.26. The lowest BCUT2D eigenvalue weighted by atomic mass is 9.94. The molecule has 3 rings (SSSR count). The van der Waals surface area contributed by atoms with Crippen molar-refractivity contribution < 1.29 is 4.74 Å². The Bertz CT molecular complexity index is 392. The van der Waals surface area contributed by atoms with Gasteiger partial charge in [0.1, 0.15) is 5.75 Å². The van der Waals surface area contributed by atoms with E-state index in [4.69, 9.17) is 4.74 Å². The molecule has 98 valence electrons. The molecule has 1 aromatic rings. The molecule has 0 aliphatic heterocycles. The van der Waals surface area contributed by atoms with E-state index in [1.807, 2.05) is 0 Å². The zero-order valence-electron chi connectivity index (χ0n) is 11.4. The van der Waals surface area contributed by atoms with Crippen LogP contribution in [0, 0.1) is 0 Å². The van der Waals surface area contributed by atoms with Gasteiger partial charge in [-0.25, -0.2) is 0 Å². The minimum atomic E-state index is 0.490. The van der Waals surface area contributed by atoms with E-state index in [0.29, 0.717) is 18.1 Å². The second-order valence-corrected chi connectivity index (χ2v) is 5.90. The first-order chi connectivity index (χ1) is 8.72. The molecule has 18 heavy (non-hydrogen) atoms. The van der Waals surface area contributed by atoms with Gasteiger partial charge in [-0.15, -0.1) is 0 Å². The van der Waals surface area contributed by atoms with Gasteiger partial charge in [0.15, 0.2) is 0 Å². The van der Waals surface area contributed by atoms with Crippen LogP contribution in [0.15, 0.2) is 24.3 Å². The van der Waals surface area contributed by atoms with Crippen LogP contribution < -0.4 is 10.1 Å². The third-order valence-corrected chi connectivity index (χ3v) is 4.06. The molecule has 2 aliphatic rings. The zero-order valence-corrected chi connectivity index (χ0v) is 11.4. The molecule has 1 N–H and O–H groups in total. The smallest absolute Gasteiger partial charge is 0.119 e. The number of rotatable bonds is 6. The predicted molar refractivity (Wildman–Crippen MR) is 74.1 cm³/mol. The Balaban J connectivity index is 1.59. The lowest BCUT2D eigenvalue weighted by Gasteiger charge is -2.22. The lowest BCUT2D eigenvalue weighted by molar-refractivity contribution is 0.303. The average molecular weight is 245 g/mol. The summed E-state index contributed by atoms with van der Waals surface area (Å²) in [4.78, 5) is 0. The van der Waals surface area contributed by atoms with Crippen LogP contribution >= 0.6 is 0 Å². The molecule has 0 heterocycles. The molecule has 0 amide bonds. The van der Waals surface area contributed by atoms with Crippen molar-refractivity contribution in [2.24, 2.45) is 0 Å². The maximum atomic E-state index is 5.78. The van der Waals surface area contributed by atoms with Crippen LogP contribution in [-0.2, 0) is 0 Å². The van der Waals surface area contributed by atoms with Crippen LogP contribution in [0.4, 0.5) is 0 Å². The fourth-order valence-electron chi connectivity index (χ4n) is 2.28. The van der Waals surface area contributed by atoms with Crippen molar-refractivity contribution >= 4 is 0 Å². The maximum Gasteiger partial charge on any atom is 0.119 e. The van der Waals surface area contributed by atoms with Gasteiger partial charge in [0.2, 0.25) is 0 Å². The van der Waals surface area contributed by atoms with Gasteiger partial charge in [-0.05, 0) is 56.2 Å². The molecule has 0 spiro atoms. The summed E-state index contributed by atoms with van der Waals surface area (Å²) < 4.78 is 5.78. The van der Waals surface area contributed by atoms with E-state index in [0.717, 1.165) is 11.8 Å². The van der Waals surface area contributed by atoms with E-state index in [2.05, 4.69) is 43.4 Å². The van der Waals surface area contributed by atoms with Crippen LogP contribution in [0.1, 0.15) is 51.0 Å². The molecular weight excluding hydrogens is 222 g/mol. The van der Waals surface area contributed by atoms with Crippen molar-refractivity contribution in [1.82, 2.24) is 5.32 Å². The highest BCUT2D eigenvalue weighted by molar-refractivity contribution is 5.30. The van der Waals surface area contributed by atoms with Gasteiger partial charge in [-0.2, -0.15) is 0 Å². The number of ether oxygens (including phenoxy) is 1. The van der Waals surface area contributed by atoms with Crippen LogP contribution in [0.5, 0.6) is 5.75 Å². The minimum absolute atomic E-state index is 0.490. The van der Waals surface area contributed by atoms with Gasteiger partial charge in [0, 0.05) is 12.1 Å². The first kappa shape index (κ1) is 12.0. The summed E-state index contributed by atoms with van der Waals surface area (Å²) in [5.74, 6) is 1.58. The molecule has 2 heteroatoms. The summed E-state index contributed by atoms with van der Waals surface area (Å²) in [6.07, 6.45) is 5.64. The highest BCUT2D eigenvalue weighted by atomic mass is 16.5. The first-order valence-corrected chi connectivity index (χ1v) is 7.25. The number of hydrogen-bond donors (Lipinski definition) is 1. The van der Waals surface area contributed by atoms with Gasteiger partial charge in [0.25, 0.3) is 0 Å². The van der Waals surface area contributed by atoms with Gasteiger partial charge in [0.05, 0.1) is 6.10 Å². The number of hydrogen-bond acceptors (Lipinski definition) is 2. The summed E-state index contributed by atoms with van der Waals surface area (Å²) in [5.41, 5.74) is 1.40. The van der Waals surface area contributed by atoms with Crippen molar-refractivity contribution in [2.45, 2.75) is 63.6 Å². The van der Waals surface area contributed by atoms with Crippen molar-refractivity contribution in [3.63, 3.8) is 0 Å². The molecular formula is C16H23NO. The second-order valence-electron chi connectivity index (χ2n) is 5.90. The topological polar surface area (TPSA) is 21.3 Å². The quantitative estimate of drug-likeness (QED) is 0.828. The normalized spacial score (nSPS) is 22.6. The largest absolute Gasteiger partial charge is 0.490 e. The standard InChI is InChI=1S/C16H23NO/c1-11(12(2)17-14-5-6-14)13-3-7-15(8-4-13)18-16-9-10-16/h3-4,7-8,11-12,14,16-17H,5-6,9-10H2,1-2H3. The van der Waals surface area contributed by atoms with E-state index in [-0.39, 0.29) is 0 Å². The van der Waals surface area contributed by atoms with E-state index in [1.54, 1.807) is 0 Å². The molecule has 2 saturated carbocycles. The van der Waals surface area contributed by atoms with Crippen molar-refractivity contribution in [2.75, 3.05) is 0 Å². The van der Waals surface area contributed by atoms with Gasteiger partial charge in [-0.1, -0.05) is 19.1 Å². The molecule has 1 aromatic carbocycles. The molecule has 2 unspecified atom stereocenters. The molecule has 2 nitrogen and oxygen atoms in total. The summed E-state index contributed by atoms with van der Waals surface area (Å²) >= 11 is 0. The van der Waals surface area contributed by atoms with Crippen molar-refractivity contribution in [1.29, 1.82) is 0 Å². The third-order valence-electron chi connectivity index (χ3n) is 4.06. The lowest BCUT2D eigenvalue weighted by Crippen LogP contribution is -2.32. The highest BCUT2D eigenvalue weighted by Crippen LogP contribution is 2.29. The molecule has 0 radical (unpaired) electrons.